The van der Waals surface area contributed by atoms with Crippen LogP contribution in [0.5, 0.6) is 0 Å². The molecule has 6 nitrogen and oxygen atoms in total. The van der Waals surface area contributed by atoms with Crippen molar-refractivity contribution in [3.05, 3.63) is 34.4 Å². The Bertz CT molecular complexity index is 1030. The summed E-state index contributed by atoms with van der Waals surface area (Å²) in [5, 5.41) is 3.31. The fourth-order valence-electron chi connectivity index (χ4n) is 9.90. The molecule has 0 unspecified atom stereocenters. The second-order valence-electron chi connectivity index (χ2n) is 13.4. The van der Waals surface area contributed by atoms with Gasteiger partial charge in [0.25, 0.3) is 0 Å². The zero-order valence-electron chi connectivity index (χ0n) is 22.4. The van der Waals surface area contributed by atoms with E-state index in [4.69, 9.17) is 9.15 Å². The van der Waals surface area contributed by atoms with Crippen LogP contribution in [0.3, 0.4) is 0 Å². The number of hydrogen-bond acceptors (Lipinski definition) is 5. The fourth-order valence-corrected chi connectivity index (χ4v) is 9.90. The van der Waals surface area contributed by atoms with Crippen molar-refractivity contribution in [2.24, 2.45) is 34.0 Å². The van der Waals surface area contributed by atoms with Crippen LogP contribution in [0, 0.1) is 34.0 Å². The average Bonchev–Trinajstić information content (AvgIpc) is 3.16. The molecule has 5 fully saturated rings. The highest BCUT2D eigenvalue weighted by Crippen LogP contribution is 2.74. The Morgan fingerprint density at radius 3 is 2.50 bits per heavy atom. The second-order valence-corrected chi connectivity index (χ2v) is 13.4. The monoisotopic (exact) mass is 496 g/mol. The molecular weight excluding hydrogens is 452 g/mol. The van der Waals surface area contributed by atoms with Crippen molar-refractivity contribution in [2.75, 3.05) is 26.2 Å². The highest BCUT2D eigenvalue weighted by atomic mass is 16.6. The van der Waals surface area contributed by atoms with Gasteiger partial charge >= 0.3 is 11.7 Å². The molecule has 0 bridgehead atoms. The van der Waals surface area contributed by atoms with E-state index >= 15 is 0 Å². The fraction of sp³-hybridized carbons (Fsp3) is 0.800. The first kappa shape index (κ1) is 24.5. The minimum absolute atomic E-state index is 0.0788. The van der Waals surface area contributed by atoms with Gasteiger partial charge in [-0.15, -0.1) is 0 Å². The molecule has 6 heteroatoms. The van der Waals surface area contributed by atoms with Gasteiger partial charge in [-0.1, -0.05) is 20.8 Å². The van der Waals surface area contributed by atoms with Crippen LogP contribution in [-0.4, -0.2) is 43.3 Å². The van der Waals surface area contributed by atoms with Gasteiger partial charge < -0.3 is 19.4 Å². The van der Waals surface area contributed by atoms with Crippen LogP contribution in [0.1, 0.15) is 90.0 Å². The summed E-state index contributed by atoms with van der Waals surface area (Å²) in [7, 11) is 0. The third-order valence-electron chi connectivity index (χ3n) is 12.2. The van der Waals surface area contributed by atoms with Gasteiger partial charge in [0.1, 0.15) is 6.10 Å². The first-order valence-corrected chi connectivity index (χ1v) is 14.5. The Balaban J connectivity index is 1.17. The summed E-state index contributed by atoms with van der Waals surface area (Å²) in [6.07, 6.45) is 12.5. The molecule has 1 N–H and O–H groups in total. The van der Waals surface area contributed by atoms with Crippen LogP contribution in [0.25, 0.3) is 0 Å². The lowest BCUT2D eigenvalue weighted by molar-refractivity contribution is -0.158. The Kier molecular flexibility index (Phi) is 6.05. The molecule has 6 rings (SSSR count). The molecular formula is C30H44N2O4. The zero-order chi connectivity index (χ0) is 25.1. The van der Waals surface area contributed by atoms with Gasteiger partial charge in [0.15, 0.2) is 0 Å². The summed E-state index contributed by atoms with van der Waals surface area (Å²) in [5.41, 5.74) is 1.87. The first-order valence-electron chi connectivity index (χ1n) is 14.5. The van der Waals surface area contributed by atoms with Gasteiger partial charge in [-0.25, -0.2) is 9.59 Å². The Hall–Kier alpha value is -1.82. The minimum Gasteiger partial charge on any atom is -0.446 e. The lowest BCUT2D eigenvalue weighted by atomic mass is 9.40. The van der Waals surface area contributed by atoms with Crippen molar-refractivity contribution in [2.45, 2.75) is 90.6 Å². The van der Waals surface area contributed by atoms with E-state index in [1.165, 1.54) is 50.5 Å². The van der Waals surface area contributed by atoms with Crippen LogP contribution >= 0.6 is 0 Å². The number of hydrogen-bond donors (Lipinski definition) is 1. The number of nitrogens with one attached hydrogen (secondary N) is 1. The molecule has 1 aromatic heterocycles. The maximum Gasteiger partial charge on any atom is 0.410 e. The van der Waals surface area contributed by atoms with Crippen LogP contribution in [-0.2, 0) is 4.74 Å². The maximum absolute atomic E-state index is 12.8. The molecule has 1 aliphatic heterocycles. The van der Waals surface area contributed by atoms with Crippen LogP contribution < -0.4 is 10.9 Å². The van der Waals surface area contributed by atoms with E-state index in [1.54, 1.807) is 12.3 Å². The van der Waals surface area contributed by atoms with Crippen LogP contribution in [0.4, 0.5) is 4.79 Å². The van der Waals surface area contributed by atoms with Gasteiger partial charge in [-0.05, 0) is 109 Å². The highest BCUT2D eigenvalue weighted by Gasteiger charge is 2.65. The number of amides is 1. The summed E-state index contributed by atoms with van der Waals surface area (Å²) in [4.78, 5) is 26.2. The quantitative estimate of drug-likeness (QED) is 0.580. The van der Waals surface area contributed by atoms with E-state index in [-0.39, 0.29) is 23.2 Å². The molecule has 8 atom stereocenters. The molecule has 4 aliphatic carbocycles. The van der Waals surface area contributed by atoms with Crippen molar-refractivity contribution in [3.63, 3.8) is 0 Å². The normalized spacial score (nSPS) is 44.3. The lowest BCUT2D eigenvalue weighted by Crippen LogP contribution is -2.57. The Morgan fingerprint density at radius 1 is 0.972 bits per heavy atom. The largest absolute Gasteiger partial charge is 0.446 e. The van der Waals surface area contributed by atoms with Crippen LogP contribution in [0.2, 0.25) is 0 Å². The predicted molar refractivity (Wildman–Crippen MR) is 139 cm³/mol. The number of nitrogens with zero attached hydrogens (tertiary/aromatic N) is 1. The van der Waals surface area contributed by atoms with Crippen molar-refractivity contribution >= 4 is 6.09 Å². The number of rotatable bonds is 2. The lowest BCUT2D eigenvalue weighted by Gasteiger charge is -2.64. The summed E-state index contributed by atoms with van der Waals surface area (Å²) in [6, 6.07) is 3.61. The van der Waals surface area contributed by atoms with Crippen molar-refractivity contribution < 1.29 is 13.9 Å². The molecule has 0 spiro atoms. The molecule has 0 radical (unpaired) electrons. The number of fused-ring (bicyclic) bond motifs is 5. The van der Waals surface area contributed by atoms with E-state index < -0.39 is 0 Å². The summed E-state index contributed by atoms with van der Waals surface area (Å²) >= 11 is 0. The van der Waals surface area contributed by atoms with E-state index in [0.717, 1.165) is 50.9 Å². The first-order chi connectivity index (χ1) is 17.2. The zero-order valence-corrected chi connectivity index (χ0v) is 22.4. The minimum atomic E-state index is -0.256. The predicted octanol–water partition coefficient (Wildman–Crippen LogP) is 5.57. The smallest absolute Gasteiger partial charge is 0.410 e. The number of ether oxygens (including phenoxy) is 1. The molecule has 4 saturated carbocycles. The van der Waals surface area contributed by atoms with Gasteiger partial charge in [0.05, 0.1) is 6.26 Å². The maximum atomic E-state index is 12.8. The van der Waals surface area contributed by atoms with Gasteiger partial charge in [0.2, 0.25) is 0 Å². The molecule has 1 amide bonds. The van der Waals surface area contributed by atoms with Crippen molar-refractivity contribution in [1.82, 2.24) is 10.2 Å². The van der Waals surface area contributed by atoms with Crippen molar-refractivity contribution in [3.8, 4) is 0 Å². The molecule has 0 aromatic carbocycles. The standard InChI is InChI=1S/C30H44N2O4/c1-28-11-8-22(36-27(34)32-16-14-31-15-17-32)18-21(28)5-6-25-24(28)10-13-29(2)23(9-12-30(25,29)3)20-4-7-26(33)35-19-20/h4,7,19,21-25,31H,5-6,8-18H2,1-3H3/t21-,22+,23-,24+,25-,28+,29-,30-/m1/s1. The Labute approximate surface area is 215 Å². The second kappa shape index (κ2) is 8.89. The molecule has 5 aliphatic rings. The molecule has 1 aromatic rings. The third-order valence-corrected chi connectivity index (χ3v) is 12.2. The topological polar surface area (TPSA) is 71.8 Å². The van der Waals surface area contributed by atoms with E-state index in [0.29, 0.717) is 22.7 Å². The van der Waals surface area contributed by atoms with Crippen LogP contribution in [0.15, 0.2) is 27.6 Å². The number of carbonyl (C=O) groups excluding carboxylic acids is 1. The average molecular weight is 497 g/mol. The molecule has 36 heavy (non-hydrogen) atoms. The third kappa shape index (κ3) is 3.68. The molecule has 198 valence electrons. The van der Waals surface area contributed by atoms with Gasteiger partial charge in [-0.2, -0.15) is 0 Å². The van der Waals surface area contributed by atoms with Gasteiger partial charge in [0, 0.05) is 32.2 Å². The molecule has 1 saturated heterocycles. The summed E-state index contributed by atoms with van der Waals surface area (Å²) < 4.78 is 11.4. The summed E-state index contributed by atoms with van der Waals surface area (Å²) in [6.45, 7) is 10.9. The highest BCUT2D eigenvalue weighted by molar-refractivity contribution is 5.68. The van der Waals surface area contributed by atoms with Gasteiger partial charge in [-0.3, -0.25) is 0 Å². The van der Waals surface area contributed by atoms with E-state index in [1.807, 2.05) is 11.0 Å². The number of carbonyl (C=O) groups is 1. The van der Waals surface area contributed by atoms with E-state index in [2.05, 4.69) is 26.1 Å². The molecule has 2 heterocycles. The SMILES string of the molecule is C[C@]12CC[C@H](OC(=O)N3CCNCC3)C[C@H]1CC[C@@H]1[C@@H]2CC[C@]2(C)[C@@H](c3ccc(=O)oc3)CC[C@]12C. The van der Waals surface area contributed by atoms with Crippen molar-refractivity contribution in [1.29, 1.82) is 0 Å². The number of piperazine rings is 1. The van der Waals surface area contributed by atoms with E-state index in [9.17, 15) is 9.59 Å². The Morgan fingerprint density at radius 2 is 1.75 bits per heavy atom. The summed E-state index contributed by atoms with van der Waals surface area (Å²) in [5.74, 6) is 2.63.